The van der Waals surface area contributed by atoms with E-state index >= 15 is 0 Å². The summed E-state index contributed by atoms with van der Waals surface area (Å²) in [5.41, 5.74) is 0.962. The molecule has 9 heteroatoms. The molecule has 8 nitrogen and oxygen atoms in total. The van der Waals surface area contributed by atoms with Crippen molar-refractivity contribution in [2.45, 2.75) is 37.6 Å². The van der Waals surface area contributed by atoms with E-state index in [1.165, 1.54) is 16.6 Å². The largest absolute Gasteiger partial charge is 0.349 e. The molecular weight excluding hydrogens is 416 g/mol. The van der Waals surface area contributed by atoms with Crippen LogP contribution < -0.4 is 5.32 Å². The molecule has 1 aromatic heterocycles. The Morgan fingerprint density at radius 3 is 2.29 bits per heavy atom. The number of carbonyl (C=O) groups is 2. The average molecular weight is 447 g/mol. The summed E-state index contributed by atoms with van der Waals surface area (Å²) in [5.74, 6) is -0.310. The van der Waals surface area contributed by atoms with Gasteiger partial charge in [-0.3, -0.25) is 9.59 Å². The summed E-state index contributed by atoms with van der Waals surface area (Å²) in [6.07, 6.45) is 2.80. The highest BCUT2D eigenvalue weighted by atomic mass is 32.2. The van der Waals surface area contributed by atoms with Gasteiger partial charge in [0.2, 0.25) is 10.0 Å². The number of amides is 2. The second-order valence-electron chi connectivity index (χ2n) is 7.67. The molecular formula is C22H30N4O4S. The van der Waals surface area contributed by atoms with Crippen LogP contribution in [0.2, 0.25) is 0 Å². The molecule has 1 aliphatic rings. The van der Waals surface area contributed by atoms with Gasteiger partial charge in [-0.2, -0.15) is 4.31 Å². The summed E-state index contributed by atoms with van der Waals surface area (Å²) in [7, 11) is -1.94. The topological polar surface area (TPSA) is 91.7 Å². The molecule has 1 saturated heterocycles. The van der Waals surface area contributed by atoms with E-state index in [-0.39, 0.29) is 22.8 Å². The number of nitrogens with one attached hydrogen (secondary N) is 1. The summed E-state index contributed by atoms with van der Waals surface area (Å²) in [6.45, 7) is 5.33. The van der Waals surface area contributed by atoms with E-state index in [4.69, 9.17) is 0 Å². The van der Waals surface area contributed by atoms with Crippen molar-refractivity contribution >= 4 is 21.8 Å². The van der Waals surface area contributed by atoms with Crippen molar-refractivity contribution in [1.29, 1.82) is 0 Å². The van der Waals surface area contributed by atoms with Crippen LogP contribution >= 0.6 is 0 Å². The number of sulfonamides is 1. The van der Waals surface area contributed by atoms with Crippen molar-refractivity contribution < 1.29 is 18.0 Å². The zero-order chi connectivity index (χ0) is 22.6. The lowest BCUT2D eigenvalue weighted by molar-refractivity contribution is 0.0689. The maximum Gasteiger partial charge on any atom is 0.270 e. The van der Waals surface area contributed by atoms with Crippen molar-refractivity contribution in [2.24, 2.45) is 7.05 Å². The minimum Gasteiger partial charge on any atom is -0.349 e. The lowest BCUT2D eigenvalue weighted by atomic mass is 10.0. The van der Waals surface area contributed by atoms with E-state index in [0.717, 1.165) is 0 Å². The van der Waals surface area contributed by atoms with Gasteiger partial charge in [-0.15, -0.1) is 0 Å². The molecule has 31 heavy (non-hydrogen) atoms. The van der Waals surface area contributed by atoms with Gasteiger partial charge in [-0.05, 0) is 31.0 Å². The lowest BCUT2D eigenvalue weighted by Gasteiger charge is -2.32. The van der Waals surface area contributed by atoms with E-state index in [9.17, 15) is 18.0 Å². The molecule has 0 saturated carbocycles. The SMILES string of the molecule is CCN(CC)S(=O)(=O)c1cc(C(=O)N2CCC(NC(=O)c3ccccc3)CC2)n(C)c1. The van der Waals surface area contributed by atoms with E-state index in [2.05, 4.69) is 5.32 Å². The van der Waals surface area contributed by atoms with Gasteiger partial charge in [0.15, 0.2) is 0 Å². The Balaban J connectivity index is 1.63. The van der Waals surface area contributed by atoms with Crippen LogP contribution in [0.15, 0.2) is 47.5 Å². The lowest BCUT2D eigenvalue weighted by Crippen LogP contribution is -2.46. The van der Waals surface area contributed by atoms with Crippen LogP contribution in [0, 0.1) is 0 Å². The van der Waals surface area contributed by atoms with Gasteiger partial charge in [0.05, 0.1) is 0 Å². The summed E-state index contributed by atoms with van der Waals surface area (Å²) >= 11 is 0. The van der Waals surface area contributed by atoms with Crippen LogP contribution in [0.25, 0.3) is 0 Å². The van der Waals surface area contributed by atoms with Crippen molar-refractivity contribution in [3.05, 3.63) is 53.9 Å². The van der Waals surface area contributed by atoms with Gasteiger partial charge in [-0.1, -0.05) is 32.0 Å². The molecule has 1 aromatic carbocycles. The number of benzene rings is 1. The molecule has 1 fully saturated rings. The summed E-state index contributed by atoms with van der Waals surface area (Å²) < 4.78 is 28.5. The molecule has 3 rings (SSSR count). The number of piperidine rings is 1. The van der Waals surface area contributed by atoms with E-state index < -0.39 is 10.0 Å². The van der Waals surface area contributed by atoms with Gasteiger partial charge < -0.3 is 14.8 Å². The first-order chi connectivity index (χ1) is 14.8. The molecule has 0 spiro atoms. The number of likely N-dealkylation sites (tertiary alicyclic amines) is 1. The van der Waals surface area contributed by atoms with Crippen LogP contribution in [0.3, 0.4) is 0 Å². The number of hydrogen-bond acceptors (Lipinski definition) is 4. The number of aryl methyl sites for hydroxylation is 1. The summed E-state index contributed by atoms with van der Waals surface area (Å²) in [5, 5.41) is 3.03. The Morgan fingerprint density at radius 1 is 1.10 bits per heavy atom. The fraction of sp³-hybridized carbons (Fsp3) is 0.455. The first-order valence-electron chi connectivity index (χ1n) is 10.6. The molecule has 0 bridgehead atoms. The summed E-state index contributed by atoms with van der Waals surface area (Å²) in [4.78, 5) is 27.2. The molecule has 0 unspecified atom stereocenters. The van der Waals surface area contributed by atoms with Gasteiger partial charge in [0.1, 0.15) is 10.6 Å². The van der Waals surface area contributed by atoms with Gasteiger partial charge in [-0.25, -0.2) is 8.42 Å². The first-order valence-corrected chi connectivity index (χ1v) is 12.0. The smallest absolute Gasteiger partial charge is 0.270 e. The minimum absolute atomic E-state index is 0.00349. The monoisotopic (exact) mass is 446 g/mol. The molecule has 1 aliphatic heterocycles. The number of hydrogen-bond donors (Lipinski definition) is 1. The zero-order valence-corrected chi connectivity index (χ0v) is 19.1. The first kappa shape index (κ1) is 23.0. The third-order valence-electron chi connectivity index (χ3n) is 5.70. The predicted octanol–water partition coefficient (Wildman–Crippen LogP) is 2.09. The highest BCUT2D eigenvalue weighted by molar-refractivity contribution is 7.89. The molecule has 0 atom stereocenters. The molecule has 2 heterocycles. The van der Waals surface area contributed by atoms with Gasteiger partial charge in [0, 0.05) is 51.0 Å². The number of rotatable bonds is 7. The van der Waals surface area contributed by atoms with Crippen LogP contribution in [0.4, 0.5) is 0 Å². The predicted molar refractivity (Wildman–Crippen MR) is 118 cm³/mol. The van der Waals surface area contributed by atoms with Crippen LogP contribution in [-0.4, -0.2) is 66.2 Å². The standard InChI is InChI=1S/C22H30N4O4S/c1-4-26(5-2)31(29,30)19-15-20(24(3)16-19)22(28)25-13-11-18(12-14-25)23-21(27)17-9-7-6-8-10-17/h6-10,15-16,18H,4-5,11-14H2,1-3H3,(H,23,27). The molecule has 1 N–H and O–H groups in total. The van der Waals surface area contributed by atoms with E-state index in [0.29, 0.717) is 50.3 Å². The Labute approximate surface area is 183 Å². The number of carbonyl (C=O) groups excluding carboxylic acids is 2. The Morgan fingerprint density at radius 2 is 1.71 bits per heavy atom. The summed E-state index contributed by atoms with van der Waals surface area (Å²) in [6, 6.07) is 10.5. The third kappa shape index (κ3) is 4.99. The maximum atomic E-state index is 13.0. The fourth-order valence-electron chi connectivity index (χ4n) is 3.85. The second-order valence-corrected chi connectivity index (χ2v) is 9.61. The maximum absolute atomic E-state index is 13.0. The normalized spacial score (nSPS) is 15.3. The molecule has 168 valence electrons. The Bertz CT molecular complexity index is 1020. The van der Waals surface area contributed by atoms with Crippen molar-refractivity contribution in [2.75, 3.05) is 26.2 Å². The number of aromatic nitrogens is 1. The minimum atomic E-state index is -3.62. The quantitative estimate of drug-likeness (QED) is 0.705. The van der Waals surface area contributed by atoms with Crippen LogP contribution in [-0.2, 0) is 17.1 Å². The second kappa shape index (κ2) is 9.65. The van der Waals surface area contributed by atoms with Crippen LogP contribution in [0.1, 0.15) is 47.5 Å². The third-order valence-corrected chi connectivity index (χ3v) is 7.71. The fourth-order valence-corrected chi connectivity index (χ4v) is 5.38. The van der Waals surface area contributed by atoms with Crippen molar-refractivity contribution in [1.82, 2.24) is 19.1 Å². The Hall–Kier alpha value is -2.65. The van der Waals surface area contributed by atoms with Crippen molar-refractivity contribution in [3.63, 3.8) is 0 Å². The van der Waals surface area contributed by atoms with Crippen molar-refractivity contribution in [3.8, 4) is 0 Å². The molecule has 0 aliphatic carbocycles. The van der Waals surface area contributed by atoms with E-state index in [1.807, 2.05) is 18.2 Å². The Kier molecular flexibility index (Phi) is 7.17. The molecule has 2 amide bonds. The van der Waals surface area contributed by atoms with Gasteiger partial charge in [0.25, 0.3) is 11.8 Å². The van der Waals surface area contributed by atoms with E-state index in [1.54, 1.807) is 42.5 Å². The van der Waals surface area contributed by atoms with Gasteiger partial charge >= 0.3 is 0 Å². The average Bonchev–Trinajstić information content (AvgIpc) is 3.17. The molecule has 2 aromatic rings. The highest BCUT2D eigenvalue weighted by Crippen LogP contribution is 2.21. The number of nitrogens with zero attached hydrogens (tertiary/aromatic N) is 3. The highest BCUT2D eigenvalue weighted by Gasteiger charge is 2.29. The molecule has 0 radical (unpaired) electrons. The zero-order valence-electron chi connectivity index (χ0n) is 18.2. The van der Waals surface area contributed by atoms with Crippen LogP contribution in [0.5, 0.6) is 0 Å².